The summed E-state index contributed by atoms with van der Waals surface area (Å²) >= 11 is 1.30. The van der Waals surface area contributed by atoms with Crippen LogP contribution in [0.1, 0.15) is 32.7 Å². The minimum atomic E-state index is -0.00612. The van der Waals surface area contributed by atoms with Crippen molar-refractivity contribution in [2.24, 2.45) is 0 Å². The molecule has 186 valence electrons. The second-order valence-electron chi connectivity index (χ2n) is 8.68. The van der Waals surface area contributed by atoms with E-state index in [0.717, 1.165) is 40.9 Å². The van der Waals surface area contributed by atoms with Gasteiger partial charge in [0.2, 0.25) is 0 Å². The number of nitriles is 1. The Bertz CT molecular complexity index is 1330. The zero-order valence-corrected chi connectivity index (χ0v) is 22.0. The van der Waals surface area contributed by atoms with E-state index in [1.807, 2.05) is 44.3 Å². The highest BCUT2D eigenvalue weighted by Gasteiger charge is 2.28. The van der Waals surface area contributed by atoms with Gasteiger partial charge < -0.3 is 19.1 Å². The summed E-state index contributed by atoms with van der Waals surface area (Å²) in [5, 5.41) is 10.9. The van der Waals surface area contributed by atoms with Crippen molar-refractivity contribution >= 4 is 17.5 Å². The van der Waals surface area contributed by atoms with Crippen molar-refractivity contribution in [1.29, 1.82) is 5.26 Å². The van der Waals surface area contributed by atoms with Crippen LogP contribution in [0.4, 0.5) is 0 Å². The van der Waals surface area contributed by atoms with Crippen LogP contribution in [-0.4, -0.2) is 56.3 Å². The largest absolute Gasteiger partial charge is 0.496 e. The van der Waals surface area contributed by atoms with Gasteiger partial charge in [-0.3, -0.25) is 4.79 Å². The zero-order valence-electron chi connectivity index (χ0n) is 21.2. The van der Waals surface area contributed by atoms with E-state index >= 15 is 0 Å². The predicted octanol–water partition coefficient (Wildman–Crippen LogP) is 4.92. The number of methoxy groups -OCH3 is 3. The first-order valence-corrected chi connectivity index (χ1v) is 12.6. The third kappa shape index (κ3) is 5.03. The maximum absolute atomic E-state index is 12.9. The number of aromatic nitrogens is 1. The number of ketones is 1. The van der Waals surface area contributed by atoms with E-state index in [1.165, 1.54) is 11.8 Å². The molecule has 4 rings (SSSR count). The van der Waals surface area contributed by atoms with Crippen molar-refractivity contribution in [3.8, 4) is 34.4 Å². The van der Waals surface area contributed by atoms with Crippen molar-refractivity contribution < 1.29 is 19.0 Å². The second kappa shape index (κ2) is 11.0. The number of hydrogen-bond acceptors (Lipinski definition) is 8. The Balaban J connectivity index is 1.84. The molecule has 2 heterocycles. The zero-order chi connectivity index (χ0) is 25.8. The highest BCUT2D eigenvalue weighted by molar-refractivity contribution is 8.00. The molecule has 0 atom stereocenters. The molecule has 2 aromatic carbocycles. The first-order chi connectivity index (χ1) is 17.4. The normalized spacial score (nSPS) is 13.0. The molecule has 0 saturated heterocycles. The van der Waals surface area contributed by atoms with Crippen LogP contribution in [0.15, 0.2) is 41.4 Å². The van der Waals surface area contributed by atoms with Gasteiger partial charge in [0, 0.05) is 48.0 Å². The summed E-state index contributed by atoms with van der Waals surface area (Å²) in [5.41, 5.74) is 5.58. The van der Waals surface area contributed by atoms with Gasteiger partial charge >= 0.3 is 0 Å². The third-order valence-corrected chi connectivity index (χ3v) is 7.28. The topological polar surface area (TPSA) is 84.7 Å². The van der Waals surface area contributed by atoms with Gasteiger partial charge in [-0.2, -0.15) is 5.26 Å². The molecule has 3 aromatic rings. The number of aryl methyl sites for hydroxylation is 1. The lowest BCUT2D eigenvalue weighted by Crippen LogP contribution is -2.28. The quantitative estimate of drug-likeness (QED) is 0.316. The number of pyridine rings is 1. The Morgan fingerprint density at radius 3 is 2.39 bits per heavy atom. The molecule has 8 heteroatoms. The molecule has 0 bridgehead atoms. The number of nitrogens with zero attached hydrogens (tertiary/aromatic N) is 3. The standard InChI is InChI=1S/C28H29N3O4S/c1-17-6-8-18(9-7-17)23(32)16-36-28-20(14-29)27(21-15-31(2)11-10-22(21)30-28)19-12-25(34-4)26(35-5)13-24(19)33-3/h6-9,12-13H,10-11,15-16H2,1-5H3. The Labute approximate surface area is 216 Å². The number of benzene rings is 2. The van der Waals surface area contributed by atoms with Crippen molar-refractivity contribution in [2.75, 3.05) is 40.7 Å². The molecule has 0 radical (unpaired) electrons. The van der Waals surface area contributed by atoms with Crippen LogP contribution < -0.4 is 14.2 Å². The van der Waals surface area contributed by atoms with Gasteiger partial charge in [-0.15, -0.1) is 0 Å². The van der Waals surface area contributed by atoms with Gasteiger partial charge in [0.15, 0.2) is 17.3 Å². The number of carbonyl (C=O) groups excluding carboxylic acids is 1. The average molecular weight is 504 g/mol. The van der Waals surface area contributed by atoms with Crippen molar-refractivity contribution in [2.45, 2.75) is 24.9 Å². The van der Waals surface area contributed by atoms with Crippen LogP contribution in [-0.2, 0) is 13.0 Å². The van der Waals surface area contributed by atoms with E-state index in [2.05, 4.69) is 11.0 Å². The molecular weight excluding hydrogens is 474 g/mol. The minimum Gasteiger partial charge on any atom is -0.496 e. The summed E-state index contributed by atoms with van der Waals surface area (Å²) < 4.78 is 16.8. The molecule has 0 unspecified atom stereocenters. The van der Waals surface area contributed by atoms with E-state index in [9.17, 15) is 10.1 Å². The maximum Gasteiger partial charge on any atom is 0.173 e. The van der Waals surface area contributed by atoms with Crippen molar-refractivity contribution in [3.05, 3.63) is 64.3 Å². The lowest BCUT2D eigenvalue weighted by molar-refractivity contribution is 0.102. The first-order valence-electron chi connectivity index (χ1n) is 11.6. The van der Waals surface area contributed by atoms with Crippen LogP contribution in [0.25, 0.3) is 11.1 Å². The summed E-state index contributed by atoms with van der Waals surface area (Å²) in [6.07, 6.45) is 0.750. The van der Waals surface area contributed by atoms with E-state index in [-0.39, 0.29) is 11.5 Å². The number of rotatable bonds is 8. The smallest absolute Gasteiger partial charge is 0.173 e. The van der Waals surface area contributed by atoms with Gasteiger partial charge in [-0.1, -0.05) is 41.6 Å². The highest BCUT2D eigenvalue weighted by atomic mass is 32.2. The second-order valence-corrected chi connectivity index (χ2v) is 9.64. The summed E-state index contributed by atoms with van der Waals surface area (Å²) in [5.74, 6) is 1.82. The minimum absolute atomic E-state index is 0.00612. The molecule has 0 saturated carbocycles. The average Bonchev–Trinajstić information content (AvgIpc) is 2.90. The fourth-order valence-electron chi connectivity index (χ4n) is 4.36. The number of Topliss-reactive ketones (excluding diaryl/α,β-unsaturated/α-hetero) is 1. The summed E-state index contributed by atoms with van der Waals surface area (Å²) in [6.45, 7) is 3.50. The van der Waals surface area contributed by atoms with Gasteiger partial charge in [-0.25, -0.2) is 4.98 Å². The summed E-state index contributed by atoms with van der Waals surface area (Å²) in [4.78, 5) is 20.0. The van der Waals surface area contributed by atoms with Gasteiger partial charge in [0.1, 0.15) is 16.8 Å². The molecule has 0 N–H and O–H groups in total. The predicted molar refractivity (Wildman–Crippen MR) is 140 cm³/mol. The van der Waals surface area contributed by atoms with Crippen LogP contribution in [0.5, 0.6) is 17.2 Å². The fraction of sp³-hybridized carbons (Fsp3) is 0.321. The molecule has 0 aliphatic carbocycles. The Morgan fingerprint density at radius 2 is 1.75 bits per heavy atom. The number of ether oxygens (including phenoxy) is 3. The molecule has 36 heavy (non-hydrogen) atoms. The van der Waals surface area contributed by atoms with Crippen molar-refractivity contribution in [3.63, 3.8) is 0 Å². The number of carbonyl (C=O) groups is 1. The third-order valence-electron chi connectivity index (χ3n) is 6.31. The van der Waals surface area contributed by atoms with Crippen LogP contribution >= 0.6 is 11.8 Å². The Hall–Kier alpha value is -3.54. The molecule has 1 aliphatic rings. The number of thioether (sulfide) groups is 1. The maximum atomic E-state index is 12.9. The summed E-state index contributed by atoms with van der Waals surface area (Å²) in [7, 11) is 6.79. The van der Waals surface area contributed by atoms with E-state index in [4.69, 9.17) is 19.2 Å². The Morgan fingerprint density at radius 1 is 1.08 bits per heavy atom. The highest BCUT2D eigenvalue weighted by Crippen LogP contribution is 2.45. The van der Waals surface area contributed by atoms with Gasteiger partial charge in [0.25, 0.3) is 0 Å². The molecule has 0 amide bonds. The monoisotopic (exact) mass is 503 g/mol. The molecule has 0 fully saturated rings. The van der Waals surface area contributed by atoms with Crippen LogP contribution in [0.2, 0.25) is 0 Å². The fourth-order valence-corrected chi connectivity index (χ4v) is 5.26. The molecule has 7 nitrogen and oxygen atoms in total. The Kier molecular flexibility index (Phi) is 7.82. The van der Waals surface area contributed by atoms with Crippen LogP contribution in [0.3, 0.4) is 0 Å². The number of fused-ring (bicyclic) bond motifs is 1. The molecule has 1 aromatic heterocycles. The van der Waals surface area contributed by atoms with Gasteiger partial charge in [0.05, 0.1) is 32.6 Å². The van der Waals surface area contributed by atoms with E-state index in [0.29, 0.717) is 39.9 Å². The van der Waals surface area contributed by atoms with Gasteiger partial charge in [-0.05, 0) is 25.6 Å². The molecule has 0 spiro atoms. The van der Waals surface area contributed by atoms with E-state index < -0.39 is 0 Å². The van der Waals surface area contributed by atoms with Crippen LogP contribution in [0, 0.1) is 18.3 Å². The first kappa shape index (κ1) is 25.5. The molecule has 1 aliphatic heterocycles. The van der Waals surface area contributed by atoms with Crippen molar-refractivity contribution in [1.82, 2.24) is 9.88 Å². The number of hydrogen-bond donors (Lipinski definition) is 0. The number of likely N-dealkylation sites (N-methyl/N-ethyl adjacent to an activating group) is 1. The molecular formula is C28H29N3O4S. The van der Waals surface area contributed by atoms with E-state index in [1.54, 1.807) is 27.4 Å². The lowest BCUT2D eigenvalue weighted by Gasteiger charge is -2.28. The lowest BCUT2D eigenvalue weighted by atomic mass is 9.91. The summed E-state index contributed by atoms with van der Waals surface area (Å²) in [6, 6.07) is 13.5. The SMILES string of the molecule is COc1cc(OC)c(-c2c(C#N)c(SCC(=O)c3ccc(C)cc3)nc3c2CN(C)CC3)cc1OC.